The molecule has 0 spiro atoms. The predicted molar refractivity (Wildman–Crippen MR) is 114 cm³/mol. The van der Waals surface area contributed by atoms with E-state index >= 15 is 0 Å². The lowest BCUT2D eigenvalue weighted by atomic mass is 9.45. The molecule has 4 aliphatic rings. The Morgan fingerprint density at radius 2 is 2.03 bits per heavy atom. The molecule has 0 aromatic carbocycles. The van der Waals surface area contributed by atoms with Crippen molar-refractivity contribution in [1.82, 2.24) is 9.55 Å². The van der Waals surface area contributed by atoms with Gasteiger partial charge in [0.05, 0.1) is 6.33 Å². The minimum atomic E-state index is -0.640. The molecule has 0 radical (unpaired) electrons. The van der Waals surface area contributed by atoms with Crippen molar-refractivity contribution in [3.8, 4) is 0 Å². The number of imidazole rings is 1. The number of nitrogens with zero attached hydrogens (tertiary/aromatic N) is 2. The van der Waals surface area contributed by atoms with E-state index in [0.29, 0.717) is 24.2 Å². The molecule has 2 saturated carbocycles. The van der Waals surface area contributed by atoms with Crippen LogP contribution in [-0.4, -0.2) is 20.6 Å². The first-order valence-electron chi connectivity index (χ1n) is 11.4. The fraction of sp³-hybridized carbons (Fsp3) is 0.680. The zero-order valence-electron chi connectivity index (χ0n) is 18.0. The van der Waals surface area contributed by atoms with Crippen molar-refractivity contribution in [2.75, 3.05) is 0 Å². The zero-order chi connectivity index (χ0) is 20.4. The summed E-state index contributed by atoms with van der Waals surface area (Å²) in [5.74, 6) is 2.41. The van der Waals surface area contributed by atoms with Crippen LogP contribution in [0.15, 0.2) is 36.4 Å². The summed E-state index contributed by atoms with van der Waals surface area (Å²) >= 11 is 0. The first kappa shape index (κ1) is 19.1. The second-order valence-corrected chi connectivity index (χ2v) is 10.7. The van der Waals surface area contributed by atoms with Crippen LogP contribution < -0.4 is 0 Å². The second kappa shape index (κ2) is 6.58. The molecule has 1 aromatic rings. The number of carbonyl (C=O) groups is 1. The van der Waals surface area contributed by atoms with Crippen LogP contribution >= 0.6 is 0 Å². The van der Waals surface area contributed by atoms with Gasteiger partial charge in [0.1, 0.15) is 0 Å². The Labute approximate surface area is 174 Å². The van der Waals surface area contributed by atoms with Crippen LogP contribution in [0.3, 0.4) is 0 Å². The molecular formula is C25H34N2O2. The van der Waals surface area contributed by atoms with Crippen LogP contribution in [0.4, 0.5) is 0 Å². The number of aromatic nitrogens is 2. The molecule has 4 heteroatoms. The first-order chi connectivity index (χ1) is 13.8. The van der Waals surface area contributed by atoms with Crippen molar-refractivity contribution >= 4 is 11.7 Å². The minimum absolute atomic E-state index is 0.234. The number of carboxylic acids is 1. The van der Waals surface area contributed by atoms with Crippen molar-refractivity contribution in [2.24, 2.45) is 40.4 Å². The average Bonchev–Trinajstić information content (AvgIpc) is 3.29. The number of aliphatic carboxylic acids is 1. The van der Waals surface area contributed by atoms with Gasteiger partial charge >= 0.3 is 5.97 Å². The predicted octanol–water partition coefficient (Wildman–Crippen LogP) is 5.63. The molecule has 7 atom stereocenters. The largest absolute Gasteiger partial charge is 0.481 e. The summed E-state index contributed by atoms with van der Waals surface area (Å²) in [6.07, 6.45) is 18.2. The first-order valence-corrected chi connectivity index (χ1v) is 11.4. The highest BCUT2D eigenvalue weighted by molar-refractivity contribution is 5.67. The highest BCUT2D eigenvalue weighted by atomic mass is 16.4. The lowest BCUT2D eigenvalue weighted by molar-refractivity contribution is -0.138. The van der Waals surface area contributed by atoms with E-state index in [-0.39, 0.29) is 10.8 Å². The molecule has 4 nitrogen and oxygen atoms in total. The van der Waals surface area contributed by atoms with Gasteiger partial charge in [-0.3, -0.25) is 4.79 Å². The molecule has 4 aliphatic carbocycles. The van der Waals surface area contributed by atoms with Crippen LogP contribution in [0.5, 0.6) is 0 Å². The van der Waals surface area contributed by atoms with Crippen LogP contribution in [0.25, 0.3) is 5.70 Å². The Hall–Kier alpha value is -1.84. The van der Waals surface area contributed by atoms with Gasteiger partial charge in [-0.1, -0.05) is 38.5 Å². The number of fused-ring (bicyclic) bond motifs is 5. The molecule has 0 unspecified atom stereocenters. The summed E-state index contributed by atoms with van der Waals surface area (Å²) in [6, 6.07) is 0. The normalized spacial score (nSPS) is 43.6. The summed E-state index contributed by atoms with van der Waals surface area (Å²) < 4.78 is 2.24. The Balaban J connectivity index is 1.45. The van der Waals surface area contributed by atoms with Crippen molar-refractivity contribution < 1.29 is 9.90 Å². The maximum absolute atomic E-state index is 11.3. The molecular weight excluding hydrogens is 360 g/mol. The Morgan fingerprint density at radius 1 is 1.24 bits per heavy atom. The van der Waals surface area contributed by atoms with E-state index in [9.17, 15) is 9.90 Å². The summed E-state index contributed by atoms with van der Waals surface area (Å²) in [7, 11) is 0. The zero-order valence-corrected chi connectivity index (χ0v) is 18.0. The van der Waals surface area contributed by atoms with Crippen LogP contribution in [0, 0.1) is 40.4 Å². The number of hydrogen-bond acceptors (Lipinski definition) is 2. The van der Waals surface area contributed by atoms with Gasteiger partial charge in [-0.15, -0.1) is 0 Å². The fourth-order valence-corrected chi connectivity index (χ4v) is 7.87. The van der Waals surface area contributed by atoms with Gasteiger partial charge in [0.25, 0.3) is 0 Å². The van der Waals surface area contributed by atoms with E-state index in [4.69, 9.17) is 0 Å². The van der Waals surface area contributed by atoms with Crippen LogP contribution in [-0.2, 0) is 4.79 Å². The van der Waals surface area contributed by atoms with Crippen LogP contribution in [0.1, 0.15) is 65.7 Å². The number of carboxylic acid groups (broad SMARTS) is 1. The third kappa shape index (κ3) is 2.78. The molecule has 0 aliphatic heterocycles. The summed E-state index contributed by atoms with van der Waals surface area (Å²) in [4.78, 5) is 15.6. The topological polar surface area (TPSA) is 55.1 Å². The summed E-state index contributed by atoms with van der Waals surface area (Å²) in [5.41, 5.74) is 3.53. The molecule has 29 heavy (non-hydrogen) atoms. The van der Waals surface area contributed by atoms with Crippen molar-refractivity contribution in [3.63, 3.8) is 0 Å². The molecule has 2 fully saturated rings. The molecule has 0 amide bonds. The van der Waals surface area contributed by atoms with Gasteiger partial charge < -0.3 is 9.67 Å². The maximum atomic E-state index is 11.3. The van der Waals surface area contributed by atoms with Gasteiger partial charge in [-0.05, 0) is 73.5 Å². The monoisotopic (exact) mass is 394 g/mol. The Bertz CT molecular complexity index is 869. The standard InChI is InChI=1S/C25H34N2O2/c1-16-12-18-13-17(14-22(28)29)6-8-24(18,2)20-7-9-25(3)19(23(16)20)4-5-21(25)27-11-10-26-15-27/h5,10-12,15-17,19-20,23H,4,6-9,13-14H2,1-3H3,(H,28,29)/t16-,17-,19-,20-,23-,24-,25-/m0/s1. The smallest absolute Gasteiger partial charge is 0.303 e. The van der Waals surface area contributed by atoms with Gasteiger partial charge in [-0.2, -0.15) is 0 Å². The number of rotatable bonds is 3. The van der Waals surface area contributed by atoms with E-state index in [0.717, 1.165) is 31.1 Å². The minimum Gasteiger partial charge on any atom is -0.481 e. The quantitative estimate of drug-likeness (QED) is 0.676. The Kier molecular flexibility index (Phi) is 4.34. The molecule has 5 rings (SSSR count). The lowest BCUT2D eigenvalue weighted by Crippen LogP contribution is -2.52. The maximum Gasteiger partial charge on any atom is 0.303 e. The summed E-state index contributed by atoms with van der Waals surface area (Å²) in [6.45, 7) is 7.41. The number of allylic oxidation sites excluding steroid dienone is 4. The Morgan fingerprint density at radius 3 is 2.76 bits per heavy atom. The summed E-state index contributed by atoms with van der Waals surface area (Å²) in [5, 5.41) is 9.27. The van der Waals surface area contributed by atoms with Crippen LogP contribution in [0.2, 0.25) is 0 Å². The van der Waals surface area contributed by atoms with Gasteiger partial charge in [-0.25, -0.2) is 4.98 Å². The van der Waals surface area contributed by atoms with Crippen molar-refractivity contribution in [2.45, 2.75) is 65.7 Å². The molecule has 156 valence electrons. The third-order valence-corrected chi connectivity index (χ3v) is 9.32. The van der Waals surface area contributed by atoms with Gasteiger partial charge in [0.15, 0.2) is 0 Å². The second-order valence-electron chi connectivity index (χ2n) is 10.7. The van der Waals surface area contributed by atoms with E-state index in [2.05, 4.69) is 48.7 Å². The van der Waals surface area contributed by atoms with Gasteiger partial charge in [0, 0.05) is 29.9 Å². The third-order valence-electron chi connectivity index (χ3n) is 9.32. The molecule has 1 heterocycles. The van der Waals surface area contributed by atoms with Gasteiger partial charge in [0.2, 0.25) is 0 Å². The van der Waals surface area contributed by atoms with E-state index in [1.54, 1.807) is 5.57 Å². The number of hydrogen-bond donors (Lipinski definition) is 1. The molecule has 0 bridgehead atoms. The van der Waals surface area contributed by atoms with E-state index < -0.39 is 5.97 Å². The molecule has 1 aromatic heterocycles. The fourth-order valence-electron chi connectivity index (χ4n) is 7.87. The lowest BCUT2D eigenvalue weighted by Gasteiger charge is -2.59. The average molecular weight is 395 g/mol. The molecule has 0 saturated heterocycles. The van der Waals surface area contributed by atoms with Crippen molar-refractivity contribution in [3.05, 3.63) is 36.4 Å². The molecule has 1 N–H and O–H groups in total. The van der Waals surface area contributed by atoms with Crippen molar-refractivity contribution in [1.29, 1.82) is 0 Å². The SMILES string of the molecule is C[C@H]1C=C2C[C@@H](CC(=O)O)CC[C@]2(C)[C@H]2CC[C@]3(C)C(n4ccnc4)=CC[C@H]3[C@H]12. The van der Waals surface area contributed by atoms with E-state index in [1.807, 2.05) is 12.5 Å². The highest BCUT2D eigenvalue weighted by Crippen LogP contribution is 2.67. The van der Waals surface area contributed by atoms with E-state index in [1.165, 1.54) is 25.0 Å². The highest BCUT2D eigenvalue weighted by Gasteiger charge is 2.58.